The van der Waals surface area contributed by atoms with Crippen LogP contribution in [0.3, 0.4) is 0 Å². The van der Waals surface area contributed by atoms with E-state index in [2.05, 4.69) is 15.4 Å². The van der Waals surface area contributed by atoms with E-state index in [0.29, 0.717) is 11.3 Å². The van der Waals surface area contributed by atoms with Gasteiger partial charge in [0.1, 0.15) is 23.1 Å². The molecular weight excluding hydrogens is 360 g/mol. The van der Waals surface area contributed by atoms with E-state index in [1.54, 1.807) is 24.3 Å². The number of nitrogens with two attached hydrogens (primary N) is 1. The third kappa shape index (κ3) is 5.05. The highest BCUT2D eigenvalue weighted by Gasteiger charge is 2.13. The van der Waals surface area contributed by atoms with E-state index in [-0.39, 0.29) is 24.5 Å². The average Bonchev–Trinajstić information content (AvgIpc) is 3.01. The predicted octanol–water partition coefficient (Wildman–Crippen LogP) is 2.21. The highest BCUT2D eigenvalue weighted by atomic mass is 19.1. The molecule has 0 aliphatic rings. The molecule has 0 spiro atoms. The molecule has 10 heteroatoms. The van der Waals surface area contributed by atoms with Gasteiger partial charge in [0.2, 0.25) is 5.82 Å². The van der Waals surface area contributed by atoms with Crippen molar-refractivity contribution in [1.82, 2.24) is 20.2 Å². The van der Waals surface area contributed by atoms with Gasteiger partial charge in [0.15, 0.2) is 0 Å². The lowest BCUT2D eigenvalue weighted by Crippen LogP contribution is -2.30. The number of carboxylic acid groups (broad SMARTS) is 1. The van der Waals surface area contributed by atoms with Crippen LogP contribution in [0.25, 0.3) is 11.4 Å². The lowest BCUT2D eigenvalue weighted by molar-refractivity contribution is -0.137. The Balaban J connectivity index is 1.74. The smallest absolute Gasteiger partial charge is 0.304 e. The quantitative estimate of drug-likeness (QED) is 0.650. The van der Waals surface area contributed by atoms with Crippen molar-refractivity contribution in [2.75, 3.05) is 0 Å². The van der Waals surface area contributed by atoms with Crippen molar-refractivity contribution in [2.24, 2.45) is 5.73 Å². The van der Waals surface area contributed by atoms with Crippen molar-refractivity contribution in [2.45, 2.75) is 19.0 Å². The Labute approximate surface area is 152 Å². The Morgan fingerprint density at radius 2 is 1.93 bits per heavy atom. The van der Waals surface area contributed by atoms with Gasteiger partial charge in [-0.05, 0) is 17.3 Å². The Morgan fingerprint density at radius 1 is 1.19 bits per heavy atom. The van der Waals surface area contributed by atoms with Gasteiger partial charge in [-0.3, -0.25) is 4.79 Å². The fourth-order valence-electron chi connectivity index (χ4n) is 2.36. The summed E-state index contributed by atoms with van der Waals surface area (Å²) in [5, 5.41) is 20.6. The van der Waals surface area contributed by atoms with Crippen LogP contribution < -0.4 is 10.5 Å². The van der Waals surface area contributed by atoms with Crippen LogP contribution in [0.5, 0.6) is 11.5 Å². The number of carboxylic acids is 1. The summed E-state index contributed by atoms with van der Waals surface area (Å²) in [6.07, 6.45) is -0.218. The van der Waals surface area contributed by atoms with Crippen LogP contribution in [-0.4, -0.2) is 37.3 Å². The van der Waals surface area contributed by atoms with Gasteiger partial charge in [-0.15, -0.1) is 10.2 Å². The van der Waals surface area contributed by atoms with Crippen LogP contribution in [0.2, 0.25) is 0 Å². The van der Waals surface area contributed by atoms with Crippen LogP contribution in [-0.2, 0) is 11.3 Å². The lowest BCUT2D eigenvalue weighted by atomic mass is 10.2. The molecule has 1 aromatic heterocycles. The molecular formula is C17H15F2N5O3. The van der Waals surface area contributed by atoms with Gasteiger partial charge in [-0.25, -0.2) is 8.78 Å². The second-order valence-corrected chi connectivity index (χ2v) is 5.76. The molecule has 1 unspecified atom stereocenters. The summed E-state index contributed by atoms with van der Waals surface area (Å²) in [7, 11) is 0. The molecule has 27 heavy (non-hydrogen) atoms. The number of ether oxygens (including phenoxy) is 1. The minimum absolute atomic E-state index is 0.0147. The van der Waals surface area contributed by atoms with Gasteiger partial charge in [0.25, 0.3) is 0 Å². The van der Waals surface area contributed by atoms with E-state index in [1.807, 2.05) is 0 Å². The third-order valence-corrected chi connectivity index (χ3v) is 3.45. The average molecular weight is 375 g/mol. The zero-order chi connectivity index (χ0) is 19.4. The number of rotatable bonds is 7. The fraction of sp³-hybridized carbons (Fsp3) is 0.176. The first-order chi connectivity index (χ1) is 12.9. The number of hydrogen-bond donors (Lipinski definition) is 2. The first-order valence-corrected chi connectivity index (χ1v) is 7.88. The van der Waals surface area contributed by atoms with E-state index < -0.39 is 23.6 Å². The highest BCUT2D eigenvalue weighted by molar-refractivity contribution is 5.67. The Morgan fingerprint density at radius 3 is 2.63 bits per heavy atom. The summed E-state index contributed by atoms with van der Waals surface area (Å²) in [4.78, 5) is 11.9. The van der Waals surface area contributed by atoms with Crippen molar-refractivity contribution < 1.29 is 23.4 Å². The van der Waals surface area contributed by atoms with Gasteiger partial charge < -0.3 is 15.6 Å². The van der Waals surface area contributed by atoms with E-state index in [4.69, 9.17) is 15.6 Å². The molecule has 0 radical (unpaired) electrons. The SMILES string of the molecule is NC(CC(=O)O)Cn1nnc(-c2cccc(Oc3cc(F)cc(F)c3)c2)n1. The lowest BCUT2D eigenvalue weighted by Gasteiger charge is -2.07. The van der Waals surface area contributed by atoms with Crippen molar-refractivity contribution in [1.29, 1.82) is 0 Å². The molecule has 0 bridgehead atoms. The Kier molecular flexibility index (Phi) is 5.36. The van der Waals surface area contributed by atoms with E-state index >= 15 is 0 Å². The number of benzene rings is 2. The molecule has 0 saturated carbocycles. The van der Waals surface area contributed by atoms with Gasteiger partial charge in [-0.2, -0.15) is 4.80 Å². The van der Waals surface area contributed by atoms with Crippen LogP contribution >= 0.6 is 0 Å². The first-order valence-electron chi connectivity index (χ1n) is 7.88. The zero-order valence-corrected chi connectivity index (χ0v) is 13.9. The Bertz CT molecular complexity index is 943. The molecule has 8 nitrogen and oxygen atoms in total. The fourth-order valence-corrected chi connectivity index (χ4v) is 2.36. The maximum Gasteiger partial charge on any atom is 0.304 e. The second kappa shape index (κ2) is 7.87. The molecule has 140 valence electrons. The van der Waals surface area contributed by atoms with Crippen LogP contribution in [0, 0.1) is 11.6 Å². The number of aliphatic carboxylic acids is 1. The third-order valence-electron chi connectivity index (χ3n) is 3.45. The minimum atomic E-state index is -1.01. The van der Waals surface area contributed by atoms with Crippen molar-refractivity contribution in [3.05, 3.63) is 54.1 Å². The van der Waals surface area contributed by atoms with Crippen molar-refractivity contribution in [3.63, 3.8) is 0 Å². The normalized spacial score (nSPS) is 12.0. The summed E-state index contributed by atoms with van der Waals surface area (Å²) in [5.41, 5.74) is 6.26. The summed E-state index contributed by atoms with van der Waals surface area (Å²) in [6.45, 7) is 0.0953. The Hall–Kier alpha value is -3.40. The summed E-state index contributed by atoms with van der Waals surface area (Å²) in [5.74, 6) is -1.89. The molecule has 3 N–H and O–H groups in total. The van der Waals surface area contributed by atoms with Gasteiger partial charge in [0.05, 0.1) is 13.0 Å². The molecule has 3 aromatic rings. The molecule has 0 aliphatic carbocycles. The molecule has 2 aromatic carbocycles. The van der Waals surface area contributed by atoms with E-state index in [0.717, 1.165) is 18.2 Å². The number of hydrogen-bond acceptors (Lipinski definition) is 6. The van der Waals surface area contributed by atoms with Crippen LogP contribution in [0.1, 0.15) is 6.42 Å². The van der Waals surface area contributed by atoms with Gasteiger partial charge in [0, 0.05) is 29.8 Å². The van der Waals surface area contributed by atoms with Crippen LogP contribution in [0.4, 0.5) is 8.78 Å². The predicted molar refractivity (Wildman–Crippen MR) is 89.9 cm³/mol. The van der Waals surface area contributed by atoms with Crippen molar-refractivity contribution >= 4 is 5.97 Å². The molecule has 1 heterocycles. The largest absolute Gasteiger partial charge is 0.481 e. The van der Waals surface area contributed by atoms with Crippen molar-refractivity contribution in [3.8, 4) is 22.9 Å². The number of tetrazole rings is 1. The second-order valence-electron chi connectivity index (χ2n) is 5.76. The molecule has 0 fully saturated rings. The monoisotopic (exact) mass is 375 g/mol. The maximum atomic E-state index is 13.3. The highest BCUT2D eigenvalue weighted by Crippen LogP contribution is 2.26. The molecule has 1 atom stereocenters. The summed E-state index contributed by atoms with van der Waals surface area (Å²) < 4.78 is 32.0. The number of halogens is 2. The topological polar surface area (TPSA) is 116 Å². The maximum absolute atomic E-state index is 13.3. The zero-order valence-electron chi connectivity index (χ0n) is 13.9. The first kappa shape index (κ1) is 18.4. The van der Waals surface area contributed by atoms with E-state index in [1.165, 1.54) is 4.80 Å². The van der Waals surface area contributed by atoms with Gasteiger partial charge >= 0.3 is 5.97 Å². The molecule has 3 rings (SSSR count). The van der Waals surface area contributed by atoms with E-state index in [9.17, 15) is 13.6 Å². The number of aromatic nitrogens is 4. The minimum Gasteiger partial charge on any atom is -0.481 e. The number of carbonyl (C=O) groups is 1. The standard InChI is InChI=1S/C17H15F2N5O3/c18-11-5-12(19)7-15(6-11)27-14-3-1-2-10(4-14)17-21-23-24(22-17)9-13(20)8-16(25)26/h1-7,13H,8-9,20H2,(H,25,26). The van der Waals surface area contributed by atoms with Gasteiger partial charge in [-0.1, -0.05) is 12.1 Å². The number of nitrogens with zero attached hydrogens (tertiary/aromatic N) is 4. The molecule has 0 amide bonds. The molecule has 0 saturated heterocycles. The summed E-state index contributed by atoms with van der Waals surface area (Å²) in [6, 6.07) is 8.79. The summed E-state index contributed by atoms with van der Waals surface area (Å²) >= 11 is 0. The van der Waals surface area contributed by atoms with Crippen LogP contribution in [0.15, 0.2) is 42.5 Å². The molecule has 0 aliphatic heterocycles.